The van der Waals surface area contributed by atoms with Gasteiger partial charge in [0.05, 0.1) is 0 Å². The highest BCUT2D eigenvalue weighted by Crippen LogP contribution is 2.29. The molecule has 1 aliphatic rings. The number of allylic oxidation sites excluding steroid dienone is 1. The number of benzene rings is 1. The standard InChI is InChI=1S/C12H14/c1-9-6-7-12-10(2)4-3-5-11(12)8-9/h3,5-8,10H,4H2,1-2H3. The molecular weight excluding hydrogens is 144 g/mol. The van der Waals surface area contributed by atoms with Crippen LogP contribution in [0, 0.1) is 6.92 Å². The van der Waals surface area contributed by atoms with E-state index in [0.717, 1.165) is 0 Å². The highest BCUT2D eigenvalue weighted by molar-refractivity contribution is 5.58. The fourth-order valence-electron chi connectivity index (χ4n) is 1.81. The van der Waals surface area contributed by atoms with Gasteiger partial charge in [0.15, 0.2) is 0 Å². The van der Waals surface area contributed by atoms with E-state index in [9.17, 15) is 0 Å². The summed E-state index contributed by atoms with van der Waals surface area (Å²) in [5, 5.41) is 0. The van der Waals surface area contributed by atoms with Gasteiger partial charge in [-0.3, -0.25) is 0 Å². The van der Waals surface area contributed by atoms with Crippen molar-refractivity contribution < 1.29 is 0 Å². The number of rotatable bonds is 0. The molecule has 0 bridgehead atoms. The van der Waals surface area contributed by atoms with Gasteiger partial charge in [-0.1, -0.05) is 42.8 Å². The zero-order valence-electron chi connectivity index (χ0n) is 7.67. The first-order valence-electron chi connectivity index (χ1n) is 4.54. The van der Waals surface area contributed by atoms with E-state index in [1.807, 2.05) is 0 Å². The lowest BCUT2D eigenvalue weighted by Gasteiger charge is -2.17. The van der Waals surface area contributed by atoms with Crippen molar-refractivity contribution >= 4 is 6.08 Å². The molecule has 1 aliphatic carbocycles. The van der Waals surface area contributed by atoms with Crippen molar-refractivity contribution in [1.29, 1.82) is 0 Å². The smallest absolute Gasteiger partial charge is 0.0150 e. The van der Waals surface area contributed by atoms with Gasteiger partial charge in [-0.05, 0) is 30.4 Å². The van der Waals surface area contributed by atoms with Crippen molar-refractivity contribution in [2.45, 2.75) is 26.2 Å². The Hall–Kier alpha value is -1.04. The first-order valence-corrected chi connectivity index (χ1v) is 4.54. The van der Waals surface area contributed by atoms with Gasteiger partial charge < -0.3 is 0 Å². The van der Waals surface area contributed by atoms with E-state index >= 15 is 0 Å². The van der Waals surface area contributed by atoms with Gasteiger partial charge in [0.2, 0.25) is 0 Å². The van der Waals surface area contributed by atoms with Crippen molar-refractivity contribution in [2.75, 3.05) is 0 Å². The summed E-state index contributed by atoms with van der Waals surface area (Å²) in [7, 11) is 0. The third-order valence-corrected chi connectivity index (χ3v) is 2.56. The molecule has 0 N–H and O–H groups in total. The Morgan fingerprint density at radius 3 is 3.00 bits per heavy atom. The summed E-state index contributed by atoms with van der Waals surface area (Å²) >= 11 is 0. The Morgan fingerprint density at radius 2 is 2.17 bits per heavy atom. The lowest BCUT2D eigenvalue weighted by atomic mass is 9.88. The summed E-state index contributed by atoms with van der Waals surface area (Å²) in [5.74, 6) is 0.700. The summed E-state index contributed by atoms with van der Waals surface area (Å²) in [6.45, 7) is 4.44. The van der Waals surface area contributed by atoms with Crippen molar-refractivity contribution in [2.24, 2.45) is 0 Å². The average Bonchev–Trinajstić information content (AvgIpc) is 2.04. The van der Waals surface area contributed by atoms with Crippen molar-refractivity contribution in [3.8, 4) is 0 Å². The van der Waals surface area contributed by atoms with Crippen LogP contribution in [0.5, 0.6) is 0 Å². The van der Waals surface area contributed by atoms with Gasteiger partial charge in [0.25, 0.3) is 0 Å². The molecule has 0 spiro atoms. The third kappa shape index (κ3) is 1.18. The molecule has 2 rings (SSSR count). The molecule has 0 saturated carbocycles. The lowest BCUT2D eigenvalue weighted by Crippen LogP contribution is -1.99. The van der Waals surface area contributed by atoms with Crippen molar-refractivity contribution in [3.05, 3.63) is 41.0 Å². The first kappa shape index (κ1) is 7.60. The predicted octanol–water partition coefficient (Wildman–Crippen LogP) is 3.52. The topological polar surface area (TPSA) is 0 Å². The van der Waals surface area contributed by atoms with Crippen LogP contribution in [0.1, 0.15) is 36.0 Å². The Labute approximate surface area is 73.9 Å². The average molecular weight is 158 g/mol. The zero-order valence-corrected chi connectivity index (χ0v) is 7.67. The molecule has 1 unspecified atom stereocenters. The molecular formula is C12H14. The fourth-order valence-corrected chi connectivity index (χ4v) is 1.81. The predicted molar refractivity (Wildman–Crippen MR) is 53.2 cm³/mol. The number of hydrogen-bond acceptors (Lipinski definition) is 0. The van der Waals surface area contributed by atoms with Crippen LogP contribution in [0.3, 0.4) is 0 Å². The summed E-state index contributed by atoms with van der Waals surface area (Å²) < 4.78 is 0. The maximum Gasteiger partial charge on any atom is -0.0150 e. The molecule has 0 saturated heterocycles. The molecule has 0 aromatic heterocycles. The molecule has 62 valence electrons. The van der Waals surface area contributed by atoms with Crippen LogP contribution >= 0.6 is 0 Å². The van der Waals surface area contributed by atoms with E-state index < -0.39 is 0 Å². The Balaban J connectivity index is 2.55. The minimum atomic E-state index is 0.700. The molecule has 1 aromatic rings. The second kappa shape index (κ2) is 2.78. The van der Waals surface area contributed by atoms with E-state index in [1.54, 1.807) is 0 Å². The molecule has 0 amide bonds. The van der Waals surface area contributed by atoms with E-state index in [1.165, 1.54) is 23.1 Å². The van der Waals surface area contributed by atoms with E-state index in [-0.39, 0.29) is 0 Å². The molecule has 0 aliphatic heterocycles. The highest BCUT2D eigenvalue weighted by atomic mass is 14.2. The van der Waals surface area contributed by atoms with Gasteiger partial charge in [0, 0.05) is 0 Å². The minimum Gasteiger partial charge on any atom is -0.0833 e. The maximum absolute atomic E-state index is 2.29. The summed E-state index contributed by atoms with van der Waals surface area (Å²) in [6, 6.07) is 6.73. The number of hydrogen-bond donors (Lipinski definition) is 0. The van der Waals surface area contributed by atoms with E-state index in [2.05, 4.69) is 44.2 Å². The second-order valence-electron chi connectivity index (χ2n) is 3.67. The lowest BCUT2D eigenvalue weighted by molar-refractivity contribution is 0.771. The highest BCUT2D eigenvalue weighted by Gasteiger charge is 2.11. The molecule has 12 heavy (non-hydrogen) atoms. The van der Waals surface area contributed by atoms with Gasteiger partial charge in [-0.15, -0.1) is 0 Å². The van der Waals surface area contributed by atoms with Crippen LogP contribution in [0.15, 0.2) is 24.3 Å². The van der Waals surface area contributed by atoms with Gasteiger partial charge in [0.1, 0.15) is 0 Å². The van der Waals surface area contributed by atoms with Gasteiger partial charge >= 0.3 is 0 Å². The molecule has 0 nitrogen and oxygen atoms in total. The van der Waals surface area contributed by atoms with Crippen LogP contribution in [0.25, 0.3) is 6.08 Å². The monoisotopic (exact) mass is 158 g/mol. The molecule has 0 fully saturated rings. The first-order chi connectivity index (χ1) is 5.77. The number of fused-ring (bicyclic) bond motifs is 1. The van der Waals surface area contributed by atoms with Crippen LogP contribution in [-0.2, 0) is 0 Å². The van der Waals surface area contributed by atoms with Crippen molar-refractivity contribution in [3.63, 3.8) is 0 Å². The Bertz CT molecular complexity index is 321. The van der Waals surface area contributed by atoms with Gasteiger partial charge in [-0.2, -0.15) is 0 Å². The van der Waals surface area contributed by atoms with Gasteiger partial charge in [-0.25, -0.2) is 0 Å². The summed E-state index contributed by atoms with van der Waals surface area (Å²) in [4.78, 5) is 0. The fraction of sp³-hybridized carbons (Fsp3) is 0.333. The van der Waals surface area contributed by atoms with Crippen molar-refractivity contribution in [1.82, 2.24) is 0 Å². The third-order valence-electron chi connectivity index (χ3n) is 2.56. The maximum atomic E-state index is 2.29. The molecule has 0 heteroatoms. The second-order valence-corrected chi connectivity index (χ2v) is 3.67. The number of aryl methyl sites for hydroxylation is 1. The van der Waals surface area contributed by atoms with Crippen LogP contribution < -0.4 is 0 Å². The summed E-state index contributed by atoms with van der Waals surface area (Å²) in [6.07, 6.45) is 5.70. The normalized spacial score (nSPS) is 20.7. The Morgan fingerprint density at radius 1 is 1.33 bits per heavy atom. The van der Waals surface area contributed by atoms with Crippen LogP contribution in [0.2, 0.25) is 0 Å². The Kier molecular flexibility index (Phi) is 1.76. The minimum absolute atomic E-state index is 0.700. The van der Waals surface area contributed by atoms with E-state index in [4.69, 9.17) is 0 Å². The SMILES string of the molecule is Cc1ccc2c(c1)C=CCC2C. The molecule has 0 radical (unpaired) electrons. The molecule has 1 atom stereocenters. The molecule has 0 heterocycles. The zero-order chi connectivity index (χ0) is 8.55. The summed E-state index contributed by atoms with van der Waals surface area (Å²) in [5.41, 5.74) is 4.27. The van der Waals surface area contributed by atoms with Crippen LogP contribution in [-0.4, -0.2) is 0 Å². The van der Waals surface area contributed by atoms with Crippen LogP contribution in [0.4, 0.5) is 0 Å². The molecule has 1 aromatic carbocycles. The largest absolute Gasteiger partial charge is 0.0833 e. The van der Waals surface area contributed by atoms with E-state index in [0.29, 0.717) is 5.92 Å². The quantitative estimate of drug-likeness (QED) is 0.542.